The Hall–Kier alpha value is -3.21. The Balaban J connectivity index is 1.50. The van der Waals surface area contributed by atoms with Crippen LogP contribution < -0.4 is 5.32 Å². The van der Waals surface area contributed by atoms with Gasteiger partial charge in [-0.1, -0.05) is 24.3 Å². The van der Waals surface area contributed by atoms with Crippen molar-refractivity contribution in [3.63, 3.8) is 0 Å². The van der Waals surface area contributed by atoms with Crippen molar-refractivity contribution >= 4 is 12.0 Å². The number of amides is 1. The van der Waals surface area contributed by atoms with Gasteiger partial charge in [-0.3, -0.25) is 9.78 Å². The first-order chi connectivity index (χ1) is 11.8. The van der Waals surface area contributed by atoms with Gasteiger partial charge in [-0.15, -0.1) is 0 Å². The highest BCUT2D eigenvalue weighted by Crippen LogP contribution is 2.08. The smallest absolute Gasteiger partial charge is 0.244 e. The summed E-state index contributed by atoms with van der Waals surface area (Å²) >= 11 is 0. The topological polar surface area (TPSA) is 59.8 Å². The third-order valence-electron chi connectivity index (χ3n) is 3.46. The molecular weight excluding hydrogens is 300 g/mol. The summed E-state index contributed by atoms with van der Waals surface area (Å²) in [5.41, 5.74) is 2.82. The lowest BCUT2D eigenvalue weighted by atomic mass is 10.2. The number of rotatable bonds is 6. The number of nitrogens with zero attached hydrogens (tertiary/aromatic N) is 3. The minimum absolute atomic E-state index is 0.126. The molecule has 2 heterocycles. The zero-order valence-electron chi connectivity index (χ0n) is 13.2. The molecule has 5 nitrogen and oxygen atoms in total. The molecule has 2 aromatic heterocycles. The lowest BCUT2D eigenvalue weighted by Gasteiger charge is -2.01. The maximum absolute atomic E-state index is 11.8. The molecule has 0 saturated carbocycles. The van der Waals surface area contributed by atoms with Gasteiger partial charge in [-0.2, -0.15) is 5.10 Å². The molecule has 0 aliphatic rings. The average Bonchev–Trinajstić information content (AvgIpc) is 3.11. The number of nitrogens with one attached hydrogen (secondary N) is 1. The van der Waals surface area contributed by atoms with Crippen LogP contribution >= 0.6 is 0 Å². The van der Waals surface area contributed by atoms with Gasteiger partial charge in [0, 0.05) is 42.7 Å². The van der Waals surface area contributed by atoms with Crippen molar-refractivity contribution in [2.24, 2.45) is 0 Å². The molecule has 1 N–H and O–H groups in total. The van der Waals surface area contributed by atoms with Crippen LogP contribution in [0.25, 0.3) is 11.8 Å². The second kappa shape index (κ2) is 7.87. The van der Waals surface area contributed by atoms with E-state index in [1.165, 1.54) is 6.08 Å². The van der Waals surface area contributed by atoms with Crippen molar-refractivity contribution in [3.05, 3.63) is 84.5 Å². The zero-order chi connectivity index (χ0) is 16.6. The van der Waals surface area contributed by atoms with E-state index in [0.29, 0.717) is 13.0 Å². The molecule has 0 fully saturated rings. The fourth-order valence-corrected chi connectivity index (χ4v) is 2.24. The van der Waals surface area contributed by atoms with Crippen molar-refractivity contribution in [3.8, 4) is 5.69 Å². The lowest BCUT2D eigenvalue weighted by Crippen LogP contribution is -2.23. The maximum Gasteiger partial charge on any atom is 0.244 e. The Morgan fingerprint density at radius 2 is 1.96 bits per heavy atom. The number of pyridine rings is 1. The van der Waals surface area contributed by atoms with Gasteiger partial charge in [0.1, 0.15) is 0 Å². The Labute approximate surface area is 140 Å². The van der Waals surface area contributed by atoms with E-state index in [-0.39, 0.29) is 5.91 Å². The lowest BCUT2D eigenvalue weighted by molar-refractivity contribution is -0.116. The number of carbonyl (C=O) groups is 1. The fraction of sp³-hybridized carbons (Fsp3) is 0.105. The van der Waals surface area contributed by atoms with Gasteiger partial charge < -0.3 is 5.32 Å². The molecule has 0 spiro atoms. The third kappa shape index (κ3) is 4.39. The predicted octanol–water partition coefficient (Wildman–Crippen LogP) is 2.64. The highest BCUT2D eigenvalue weighted by molar-refractivity contribution is 5.91. The Bertz CT molecular complexity index is 810. The first kappa shape index (κ1) is 15.7. The van der Waals surface area contributed by atoms with Crippen LogP contribution in [0.2, 0.25) is 0 Å². The molecule has 0 bridgehead atoms. The van der Waals surface area contributed by atoms with Gasteiger partial charge in [0.05, 0.1) is 11.9 Å². The molecule has 1 amide bonds. The van der Waals surface area contributed by atoms with Crippen LogP contribution in [0.3, 0.4) is 0 Å². The van der Waals surface area contributed by atoms with Crippen LogP contribution in [0, 0.1) is 0 Å². The van der Waals surface area contributed by atoms with E-state index in [1.807, 2.05) is 54.7 Å². The van der Waals surface area contributed by atoms with Crippen molar-refractivity contribution in [1.82, 2.24) is 20.1 Å². The molecule has 24 heavy (non-hydrogen) atoms. The van der Waals surface area contributed by atoms with Crippen molar-refractivity contribution in [2.45, 2.75) is 6.42 Å². The summed E-state index contributed by atoms with van der Waals surface area (Å²) < 4.78 is 1.78. The molecule has 0 radical (unpaired) electrons. The van der Waals surface area contributed by atoms with E-state index < -0.39 is 0 Å². The Morgan fingerprint density at radius 3 is 2.75 bits per heavy atom. The SMILES string of the molecule is O=C(/C=C/c1cnn(-c2ccccc2)c1)NCCc1ccccn1. The first-order valence-electron chi connectivity index (χ1n) is 7.77. The van der Waals surface area contributed by atoms with E-state index in [0.717, 1.165) is 16.9 Å². The second-order valence-electron chi connectivity index (χ2n) is 5.25. The van der Waals surface area contributed by atoms with Crippen molar-refractivity contribution in [1.29, 1.82) is 0 Å². The van der Waals surface area contributed by atoms with Crippen molar-refractivity contribution in [2.75, 3.05) is 6.54 Å². The predicted molar refractivity (Wildman–Crippen MR) is 93.5 cm³/mol. The van der Waals surface area contributed by atoms with E-state index >= 15 is 0 Å². The zero-order valence-corrected chi connectivity index (χ0v) is 13.2. The normalized spacial score (nSPS) is 10.8. The van der Waals surface area contributed by atoms with Crippen LogP contribution in [-0.2, 0) is 11.2 Å². The molecule has 120 valence electrons. The second-order valence-corrected chi connectivity index (χ2v) is 5.25. The maximum atomic E-state index is 11.8. The van der Waals surface area contributed by atoms with Crippen LogP contribution in [0.15, 0.2) is 73.2 Å². The number of para-hydroxylation sites is 1. The number of benzene rings is 1. The highest BCUT2D eigenvalue weighted by atomic mass is 16.1. The number of carbonyl (C=O) groups excluding carboxylic acids is 1. The molecule has 0 unspecified atom stereocenters. The highest BCUT2D eigenvalue weighted by Gasteiger charge is 2.00. The summed E-state index contributed by atoms with van der Waals surface area (Å²) in [4.78, 5) is 16.1. The number of aromatic nitrogens is 3. The average molecular weight is 318 g/mol. The van der Waals surface area contributed by atoms with Crippen LogP contribution in [0.1, 0.15) is 11.3 Å². The first-order valence-corrected chi connectivity index (χ1v) is 7.77. The summed E-state index contributed by atoms with van der Waals surface area (Å²) in [6.07, 6.45) is 9.35. The van der Waals surface area contributed by atoms with E-state index in [1.54, 1.807) is 23.2 Å². The van der Waals surface area contributed by atoms with Crippen molar-refractivity contribution < 1.29 is 4.79 Å². The number of hydrogen-bond donors (Lipinski definition) is 1. The van der Waals surface area contributed by atoms with Gasteiger partial charge in [0.2, 0.25) is 5.91 Å². The molecule has 3 rings (SSSR count). The minimum Gasteiger partial charge on any atom is -0.352 e. The van der Waals surface area contributed by atoms with Gasteiger partial charge in [-0.25, -0.2) is 4.68 Å². The largest absolute Gasteiger partial charge is 0.352 e. The van der Waals surface area contributed by atoms with Gasteiger partial charge >= 0.3 is 0 Å². The molecule has 0 atom stereocenters. The van der Waals surface area contributed by atoms with E-state index in [9.17, 15) is 4.79 Å². The molecule has 5 heteroatoms. The van der Waals surface area contributed by atoms with Crippen LogP contribution in [0.5, 0.6) is 0 Å². The number of hydrogen-bond acceptors (Lipinski definition) is 3. The summed E-state index contributed by atoms with van der Waals surface area (Å²) in [7, 11) is 0. The van der Waals surface area contributed by atoms with Gasteiger partial charge in [0.15, 0.2) is 0 Å². The fourth-order valence-electron chi connectivity index (χ4n) is 2.24. The quantitative estimate of drug-likeness (QED) is 0.711. The Kier molecular flexibility index (Phi) is 5.14. The minimum atomic E-state index is -0.126. The third-order valence-corrected chi connectivity index (χ3v) is 3.46. The standard InChI is InChI=1S/C19H18N4O/c24-19(21-13-11-17-6-4-5-12-20-17)10-9-16-14-22-23(15-16)18-7-2-1-3-8-18/h1-10,12,14-15H,11,13H2,(H,21,24)/b10-9+. The van der Waals surface area contributed by atoms with E-state index in [4.69, 9.17) is 0 Å². The summed E-state index contributed by atoms with van der Waals surface area (Å²) in [6, 6.07) is 15.6. The molecular formula is C19H18N4O. The summed E-state index contributed by atoms with van der Waals surface area (Å²) in [6.45, 7) is 0.559. The van der Waals surface area contributed by atoms with Crippen LogP contribution in [-0.4, -0.2) is 27.2 Å². The summed E-state index contributed by atoms with van der Waals surface area (Å²) in [5.74, 6) is -0.126. The Morgan fingerprint density at radius 1 is 1.12 bits per heavy atom. The molecule has 0 saturated heterocycles. The van der Waals surface area contributed by atoms with Gasteiger partial charge in [0.25, 0.3) is 0 Å². The van der Waals surface area contributed by atoms with Gasteiger partial charge in [-0.05, 0) is 30.3 Å². The monoisotopic (exact) mass is 318 g/mol. The molecule has 1 aromatic carbocycles. The van der Waals surface area contributed by atoms with E-state index in [2.05, 4.69) is 15.4 Å². The van der Waals surface area contributed by atoms with Crippen LogP contribution in [0.4, 0.5) is 0 Å². The summed E-state index contributed by atoms with van der Waals surface area (Å²) in [5, 5.41) is 7.14. The molecule has 0 aliphatic heterocycles. The molecule has 3 aromatic rings. The molecule has 0 aliphatic carbocycles.